The SMILES string of the molecule is O=c1c2cn[nH]c2nc(SCc2ccccc2F)n1-c1ccc(Cl)cc1Cl. The molecule has 2 heterocycles. The normalized spacial score (nSPS) is 11.2. The number of benzene rings is 2. The van der Waals surface area contributed by atoms with E-state index < -0.39 is 0 Å². The first-order valence-electron chi connectivity index (χ1n) is 7.82. The Morgan fingerprint density at radius 1 is 1.19 bits per heavy atom. The molecule has 4 rings (SSSR count). The van der Waals surface area contributed by atoms with Crippen LogP contribution in [0.3, 0.4) is 0 Å². The molecule has 0 aliphatic rings. The van der Waals surface area contributed by atoms with E-state index in [0.29, 0.717) is 43.2 Å². The summed E-state index contributed by atoms with van der Waals surface area (Å²) in [6, 6.07) is 11.3. The monoisotopic (exact) mass is 420 g/mol. The van der Waals surface area contributed by atoms with Gasteiger partial charge in [0.1, 0.15) is 11.2 Å². The Hall–Kier alpha value is -2.35. The Labute approximate surface area is 167 Å². The first-order valence-corrected chi connectivity index (χ1v) is 9.56. The average molecular weight is 421 g/mol. The molecule has 0 radical (unpaired) electrons. The largest absolute Gasteiger partial charge is 0.269 e. The van der Waals surface area contributed by atoms with E-state index in [-0.39, 0.29) is 11.4 Å². The number of aromatic amines is 1. The molecule has 0 fully saturated rings. The molecule has 136 valence electrons. The molecule has 0 atom stereocenters. The van der Waals surface area contributed by atoms with Crippen LogP contribution in [0.1, 0.15) is 5.56 Å². The van der Waals surface area contributed by atoms with Crippen molar-refractivity contribution in [2.45, 2.75) is 10.9 Å². The highest BCUT2D eigenvalue weighted by molar-refractivity contribution is 7.98. The first-order chi connectivity index (χ1) is 13.0. The molecule has 0 aliphatic carbocycles. The molecule has 4 aromatic rings. The summed E-state index contributed by atoms with van der Waals surface area (Å²) >= 11 is 13.5. The van der Waals surface area contributed by atoms with E-state index in [1.54, 1.807) is 36.4 Å². The first kappa shape index (κ1) is 18.0. The molecule has 0 spiro atoms. The predicted octanol–water partition coefficient (Wildman–Crippen LogP) is 4.85. The van der Waals surface area contributed by atoms with Crippen molar-refractivity contribution in [3.8, 4) is 5.69 Å². The molecule has 0 bridgehead atoms. The third-order valence-electron chi connectivity index (χ3n) is 3.92. The Bertz CT molecular complexity index is 1210. The van der Waals surface area contributed by atoms with Crippen molar-refractivity contribution < 1.29 is 4.39 Å². The van der Waals surface area contributed by atoms with Gasteiger partial charge in [0.05, 0.1) is 16.9 Å². The van der Waals surface area contributed by atoms with Crippen molar-refractivity contribution in [3.05, 3.63) is 80.4 Å². The highest BCUT2D eigenvalue weighted by Gasteiger charge is 2.17. The van der Waals surface area contributed by atoms with E-state index in [4.69, 9.17) is 23.2 Å². The van der Waals surface area contributed by atoms with Crippen LogP contribution in [0.4, 0.5) is 4.39 Å². The smallest absolute Gasteiger partial charge is 0.268 e. The van der Waals surface area contributed by atoms with Gasteiger partial charge in [-0.2, -0.15) is 5.10 Å². The number of halogens is 3. The maximum atomic E-state index is 14.0. The number of hydrogen-bond donors (Lipinski definition) is 1. The van der Waals surface area contributed by atoms with E-state index in [1.807, 2.05) is 0 Å². The molecule has 0 saturated heterocycles. The number of nitrogens with one attached hydrogen (secondary N) is 1. The van der Waals surface area contributed by atoms with E-state index >= 15 is 0 Å². The van der Waals surface area contributed by atoms with Crippen LogP contribution >= 0.6 is 35.0 Å². The van der Waals surface area contributed by atoms with Gasteiger partial charge in [-0.1, -0.05) is 53.2 Å². The zero-order valence-electron chi connectivity index (χ0n) is 13.6. The Morgan fingerprint density at radius 3 is 2.78 bits per heavy atom. The molecular formula is C18H11Cl2FN4OS. The molecule has 0 aliphatic heterocycles. The van der Waals surface area contributed by atoms with Gasteiger partial charge in [0.2, 0.25) is 0 Å². The molecule has 5 nitrogen and oxygen atoms in total. The van der Waals surface area contributed by atoms with Crippen molar-refractivity contribution in [3.63, 3.8) is 0 Å². The average Bonchev–Trinajstić information content (AvgIpc) is 3.11. The third kappa shape index (κ3) is 3.45. The molecule has 2 aromatic carbocycles. The number of hydrogen-bond acceptors (Lipinski definition) is 4. The van der Waals surface area contributed by atoms with Gasteiger partial charge in [0.25, 0.3) is 5.56 Å². The van der Waals surface area contributed by atoms with Gasteiger partial charge in [0.15, 0.2) is 10.8 Å². The molecule has 2 aromatic heterocycles. The fraction of sp³-hybridized carbons (Fsp3) is 0.0556. The van der Waals surface area contributed by atoms with Crippen molar-refractivity contribution in [2.75, 3.05) is 0 Å². The predicted molar refractivity (Wildman–Crippen MR) is 105 cm³/mol. The number of rotatable bonds is 4. The van der Waals surface area contributed by atoms with Gasteiger partial charge in [0, 0.05) is 10.8 Å². The van der Waals surface area contributed by atoms with Crippen LogP contribution in [0.5, 0.6) is 0 Å². The lowest BCUT2D eigenvalue weighted by Gasteiger charge is -2.13. The van der Waals surface area contributed by atoms with Gasteiger partial charge in [-0.15, -0.1) is 0 Å². The lowest BCUT2D eigenvalue weighted by molar-refractivity contribution is 0.617. The third-order valence-corrected chi connectivity index (χ3v) is 5.44. The lowest BCUT2D eigenvalue weighted by atomic mass is 10.2. The van der Waals surface area contributed by atoms with Crippen molar-refractivity contribution in [2.24, 2.45) is 0 Å². The molecule has 9 heteroatoms. The van der Waals surface area contributed by atoms with Gasteiger partial charge in [-0.25, -0.2) is 9.37 Å². The second kappa shape index (κ2) is 7.34. The summed E-state index contributed by atoms with van der Waals surface area (Å²) in [7, 11) is 0. The van der Waals surface area contributed by atoms with E-state index in [0.717, 1.165) is 0 Å². The van der Waals surface area contributed by atoms with Crippen LogP contribution in [0.15, 0.2) is 58.6 Å². The fourth-order valence-electron chi connectivity index (χ4n) is 2.60. The van der Waals surface area contributed by atoms with Gasteiger partial charge < -0.3 is 0 Å². The molecule has 0 saturated carbocycles. The maximum Gasteiger partial charge on any atom is 0.269 e. The summed E-state index contributed by atoms with van der Waals surface area (Å²) in [5.74, 6) is -0.0183. The van der Waals surface area contributed by atoms with Crippen molar-refractivity contribution >= 4 is 46.0 Å². The zero-order valence-corrected chi connectivity index (χ0v) is 15.9. The van der Waals surface area contributed by atoms with Crippen LogP contribution in [0.2, 0.25) is 10.0 Å². The Balaban J connectivity index is 1.86. The molecule has 27 heavy (non-hydrogen) atoms. The van der Waals surface area contributed by atoms with E-state index in [9.17, 15) is 9.18 Å². The van der Waals surface area contributed by atoms with Crippen LogP contribution in [0.25, 0.3) is 16.7 Å². The molecular weight excluding hydrogens is 410 g/mol. The summed E-state index contributed by atoms with van der Waals surface area (Å²) in [4.78, 5) is 17.5. The minimum atomic E-state index is -0.325. The number of thioether (sulfide) groups is 1. The number of fused-ring (bicyclic) bond motifs is 1. The summed E-state index contributed by atoms with van der Waals surface area (Å²) in [6.45, 7) is 0. The standard InChI is InChI=1S/C18H11Cl2FN4OS/c19-11-5-6-15(13(20)7-11)25-17(26)12-8-22-24-16(12)23-18(25)27-9-10-3-1-2-4-14(10)21/h1-8H,9H2,(H,22,24). The second-order valence-electron chi connectivity index (χ2n) is 5.64. The van der Waals surface area contributed by atoms with E-state index in [1.165, 1.54) is 28.6 Å². The Morgan fingerprint density at radius 2 is 2.00 bits per heavy atom. The topological polar surface area (TPSA) is 63.6 Å². The number of H-pyrrole nitrogens is 1. The zero-order chi connectivity index (χ0) is 19.0. The number of nitrogens with zero attached hydrogens (tertiary/aromatic N) is 3. The second-order valence-corrected chi connectivity index (χ2v) is 7.43. The van der Waals surface area contributed by atoms with Crippen LogP contribution in [0, 0.1) is 5.82 Å². The van der Waals surface area contributed by atoms with Gasteiger partial charge in [-0.05, 0) is 29.8 Å². The maximum absolute atomic E-state index is 14.0. The van der Waals surface area contributed by atoms with Crippen molar-refractivity contribution in [1.82, 2.24) is 19.7 Å². The fourth-order valence-corrected chi connectivity index (χ4v) is 4.08. The van der Waals surface area contributed by atoms with Crippen LogP contribution < -0.4 is 5.56 Å². The lowest BCUT2D eigenvalue weighted by Crippen LogP contribution is -2.21. The minimum Gasteiger partial charge on any atom is -0.268 e. The molecule has 1 N–H and O–H groups in total. The van der Waals surface area contributed by atoms with Gasteiger partial charge in [-0.3, -0.25) is 14.5 Å². The van der Waals surface area contributed by atoms with Crippen LogP contribution in [-0.2, 0) is 5.75 Å². The van der Waals surface area contributed by atoms with Gasteiger partial charge >= 0.3 is 0 Å². The summed E-state index contributed by atoms with van der Waals surface area (Å²) in [5.41, 5.74) is 0.985. The highest BCUT2D eigenvalue weighted by atomic mass is 35.5. The molecule has 0 amide bonds. The summed E-state index contributed by atoms with van der Waals surface area (Å²) < 4.78 is 15.3. The Kier molecular flexibility index (Phi) is 4.90. The summed E-state index contributed by atoms with van der Waals surface area (Å²) in [6.07, 6.45) is 1.41. The highest BCUT2D eigenvalue weighted by Crippen LogP contribution is 2.29. The number of aromatic nitrogens is 4. The quantitative estimate of drug-likeness (QED) is 0.378. The van der Waals surface area contributed by atoms with Crippen LogP contribution in [-0.4, -0.2) is 19.7 Å². The minimum absolute atomic E-state index is 0.296. The summed E-state index contributed by atoms with van der Waals surface area (Å²) in [5, 5.41) is 8.04. The van der Waals surface area contributed by atoms with E-state index in [2.05, 4.69) is 15.2 Å². The molecule has 0 unspecified atom stereocenters. The van der Waals surface area contributed by atoms with Crippen molar-refractivity contribution in [1.29, 1.82) is 0 Å².